The van der Waals surface area contributed by atoms with Gasteiger partial charge in [-0.2, -0.15) is 0 Å². The minimum atomic E-state index is -0.0796. The van der Waals surface area contributed by atoms with E-state index in [1.807, 2.05) is 14.1 Å². The Morgan fingerprint density at radius 2 is 2.20 bits per heavy atom. The summed E-state index contributed by atoms with van der Waals surface area (Å²) in [6.07, 6.45) is 4.26. The second-order valence-corrected chi connectivity index (χ2v) is 5.32. The SMILES string of the molecule is CNC1CCC(N(C)C(=O)c2cc(COC)on2)CC1. The largest absolute Gasteiger partial charge is 0.377 e. The van der Waals surface area contributed by atoms with Gasteiger partial charge in [-0.15, -0.1) is 0 Å². The van der Waals surface area contributed by atoms with Gasteiger partial charge in [0.25, 0.3) is 5.91 Å². The third kappa shape index (κ3) is 3.37. The molecule has 1 N–H and O–H groups in total. The minimum absolute atomic E-state index is 0.0796. The summed E-state index contributed by atoms with van der Waals surface area (Å²) in [4.78, 5) is 14.2. The van der Waals surface area contributed by atoms with Crippen LogP contribution in [0.4, 0.5) is 0 Å². The van der Waals surface area contributed by atoms with Gasteiger partial charge in [0.05, 0.1) is 0 Å². The highest BCUT2D eigenvalue weighted by molar-refractivity contribution is 5.92. The number of hydrogen-bond donors (Lipinski definition) is 1. The highest BCUT2D eigenvalue weighted by Gasteiger charge is 2.27. The van der Waals surface area contributed by atoms with E-state index in [-0.39, 0.29) is 11.9 Å². The van der Waals surface area contributed by atoms with Crippen molar-refractivity contribution >= 4 is 5.91 Å². The second kappa shape index (κ2) is 6.85. The maximum Gasteiger partial charge on any atom is 0.276 e. The maximum atomic E-state index is 12.4. The molecule has 1 aliphatic carbocycles. The number of carbonyl (C=O) groups excluding carboxylic acids is 1. The molecule has 0 bridgehead atoms. The van der Waals surface area contributed by atoms with Gasteiger partial charge in [-0.3, -0.25) is 4.79 Å². The molecule has 1 aliphatic rings. The average molecular weight is 281 g/mol. The third-order valence-electron chi connectivity index (χ3n) is 4.04. The van der Waals surface area contributed by atoms with Crippen LogP contribution < -0.4 is 5.32 Å². The first-order chi connectivity index (χ1) is 9.65. The number of carbonyl (C=O) groups is 1. The molecule has 6 heteroatoms. The van der Waals surface area contributed by atoms with Crippen LogP contribution in [0.1, 0.15) is 41.9 Å². The van der Waals surface area contributed by atoms with Crippen molar-refractivity contribution in [3.63, 3.8) is 0 Å². The fraction of sp³-hybridized carbons (Fsp3) is 0.714. The molecule has 1 aromatic rings. The van der Waals surface area contributed by atoms with Gasteiger partial charge in [-0.05, 0) is 32.7 Å². The zero-order valence-corrected chi connectivity index (χ0v) is 12.4. The molecule has 112 valence electrons. The van der Waals surface area contributed by atoms with Crippen LogP contribution in [0.2, 0.25) is 0 Å². The smallest absolute Gasteiger partial charge is 0.276 e. The van der Waals surface area contributed by atoms with Crippen molar-refractivity contribution in [2.24, 2.45) is 0 Å². The lowest BCUT2D eigenvalue weighted by molar-refractivity contribution is 0.0675. The summed E-state index contributed by atoms with van der Waals surface area (Å²) in [7, 11) is 5.42. The molecule has 1 saturated carbocycles. The van der Waals surface area contributed by atoms with Gasteiger partial charge < -0.3 is 19.5 Å². The van der Waals surface area contributed by atoms with Crippen LogP contribution in [0.25, 0.3) is 0 Å². The third-order valence-corrected chi connectivity index (χ3v) is 4.04. The lowest BCUT2D eigenvalue weighted by Gasteiger charge is -2.34. The van der Waals surface area contributed by atoms with Crippen LogP contribution in [0.15, 0.2) is 10.6 Å². The van der Waals surface area contributed by atoms with Gasteiger partial charge >= 0.3 is 0 Å². The number of nitrogens with one attached hydrogen (secondary N) is 1. The summed E-state index contributed by atoms with van der Waals surface area (Å²) >= 11 is 0. The standard InChI is InChI=1S/C14H23N3O3/c1-15-10-4-6-11(7-5-10)17(2)14(18)13-8-12(9-19-3)20-16-13/h8,10-11,15H,4-7,9H2,1-3H3. The molecule has 1 amide bonds. The predicted octanol–water partition coefficient (Wildman–Crippen LogP) is 1.42. The van der Waals surface area contributed by atoms with Gasteiger partial charge in [0, 0.05) is 32.3 Å². The van der Waals surface area contributed by atoms with E-state index in [0.29, 0.717) is 24.1 Å². The molecule has 6 nitrogen and oxygen atoms in total. The van der Waals surface area contributed by atoms with Crippen LogP contribution in [-0.4, -0.2) is 49.3 Å². The molecule has 0 spiro atoms. The summed E-state index contributed by atoms with van der Waals surface area (Å²) in [6, 6.07) is 2.52. The number of aromatic nitrogens is 1. The van der Waals surface area contributed by atoms with Gasteiger partial charge in [0.15, 0.2) is 11.5 Å². The van der Waals surface area contributed by atoms with Gasteiger partial charge in [-0.25, -0.2) is 0 Å². The molecule has 0 saturated heterocycles. The maximum absolute atomic E-state index is 12.4. The Labute approximate surface area is 119 Å². The molecular formula is C14H23N3O3. The van der Waals surface area contributed by atoms with E-state index in [4.69, 9.17) is 9.26 Å². The molecule has 0 radical (unpaired) electrons. The van der Waals surface area contributed by atoms with Crippen molar-refractivity contribution in [3.8, 4) is 0 Å². The lowest BCUT2D eigenvalue weighted by atomic mass is 9.90. The quantitative estimate of drug-likeness (QED) is 0.884. The number of ether oxygens (including phenoxy) is 1. The molecule has 2 rings (SSSR count). The topological polar surface area (TPSA) is 67.6 Å². The Morgan fingerprint density at radius 3 is 2.80 bits per heavy atom. The molecule has 0 atom stereocenters. The molecular weight excluding hydrogens is 258 g/mol. The van der Waals surface area contributed by atoms with Crippen LogP contribution >= 0.6 is 0 Å². The van der Waals surface area contributed by atoms with Gasteiger partial charge in [0.2, 0.25) is 0 Å². The molecule has 20 heavy (non-hydrogen) atoms. The fourth-order valence-electron chi connectivity index (χ4n) is 2.72. The van der Waals surface area contributed by atoms with E-state index in [0.717, 1.165) is 25.7 Å². The molecule has 1 fully saturated rings. The Bertz CT molecular complexity index is 439. The van der Waals surface area contributed by atoms with Crippen molar-refractivity contribution in [1.29, 1.82) is 0 Å². The second-order valence-electron chi connectivity index (χ2n) is 5.32. The van der Waals surface area contributed by atoms with Gasteiger partial charge in [0.1, 0.15) is 6.61 Å². The monoisotopic (exact) mass is 281 g/mol. The van der Waals surface area contributed by atoms with Crippen molar-refractivity contribution in [2.75, 3.05) is 21.2 Å². The Balaban J connectivity index is 1.94. The van der Waals surface area contributed by atoms with Crippen LogP contribution in [0, 0.1) is 0 Å². The average Bonchev–Trinajstić information content (AvgIpc) is 2.95. The van der Waals surface area contributed by atoms with Crippen LogP contribution in [0.5, 0.6) is 0 Å². The first-order valence-corrected chi connectivity index (χ1v) is 7.04. The van der Waals surface area contributed by atoms with Crippen molar-refractivity contribution in [1.82, 2.24) is 15.4 Å². The molecule has 1 heterocycles. The number of hydrogen-bond acceptors (Lipinski definition) is 5. The van der Waals surface area contributed by atoms with Crippen LogP contribution in [-0.2, 0) is 11.3 Å². The zero-order chi connectivity index (χ0) is 14.5. The number of amides is 1. The molecule has 0 aromatic carbocycles. The molecule has 1 aromatic heterocycles. The van der Waals surface area contributed by atoms with E-state index in [1.165, 1.54) is 0 Å². The summed E-state index contributed by atoms with van der Waals surface area (Å²) in [6.45, 7) is 0.331. The highest BCUT2D eigenvalue weighted by Crippen LogP contribution is 2.23. The van der Waals surface area contributed by atoms with E-state index in [1.54, 1.807) is 18.1 Å². The summed E-state index contributed by atoms with van der Waals surface area (Å²) in [5, 5.41) is 7.12. The van der Waals surface area contributed by atoms with Crippen molar-refractivity contribution in [2.45, 2.75) is 44.4 Å². The van der Waals surface area contributed by atoms with Crippen molar-refractivity contribution in [3.05, 3.63) is 17.5 Å². The van der Waals surface area contributed by atoms with Gasteiger partial charge in [-0.1, -0.05) is 5.16 Å². The summed E-state index contributed by atoms with van der Waals surface area (Å²) in [5.41, 5.74) is 0.357. The molecule has 0 aliphatic heterocycles. The summed E-state index contributed by atoms with van der Waals surface area (Å²) < 4.78 is 10.0. The van der Waals surface area contributed by atoms with E-state index < -0.39 is 0 Å². The van der Waals surface area contributed by atoms with Crippen molar-refractivity contribution < 1.29 is 14.1 Å². The predicted molar refractivity (Wildman–Crippen MR) is 74.4 cm³/mol. The number of methoxy groups -OCH3 is 1. The zero-order valence-electron chi connectivity index (χ0n) is 12.4. The van der Waals surface area contributed by atoms with E-state index >= 15 is 0 Å². The van der Waals surface area contributed by atoms with Crippen LogP contribution in [0.3, 0.4) is 0 Å². The fourth-order valence-corrected chi connectivity index (χ4v) is 2.72. The number of nitrogens with zero attached hydrogens (tertiary/aromatic N) is 2. The first-order valence-electron chi connectivity index (χ1n) is 7.04. The minimum Gasteiger partial charge on any atom is -0.377 e. The normalized spacial score (nSPS) is 22.8. The first kappa shape index (κ1) is 15.0. The Kier molecular flexibility index (Phi) is 5.14. The highest BCUT2D eigenvalue weighted by atomic mass is 16.5. The Hall–Kier alpha value is -1.40. The van der Waals surface area contributed by atoms with E-state index in [9.17, 15) is 4.79 Å². The number of rotatable bonds is 5. The summed E-state index contributed by atoms with van der Waals surface area (Å²) in [5.74, 6) is 0.493. The Morgan fingerprint density at radius 1 is 1.50 bits per heavy atom. The van der Waals surface area contributed by atoms with E-state index in [2.05, 4.69) is 10.5 Å². The molecule has 0 unspecified atom stereocenters. The lowest BCUT2D eigenvalue weighted by Crippen LogP contribution is -2.42.